The van der Waals surface area contributed by atoms with E-state index >= 15 is 0 Å². The van der Waals surface area contributed by atoms with E-state index in [1.54, 1.807) is 0 Å². The van der Waals surface area contributed by atoms with Crippen molar-refractivity contribution in [1.29, 1.82) is 0 Å². The fraction of sp³-hybridized carbons (Fsp3) is 0.812. The maximum Gasteiger partial charge on any atom is 0.0522 e. The molecule has 4 heteroatoms. The first-order valence-corrected chi connectivity index (χ1v) is 7.98. The lowest BCUT2D eigenvalue weighted by Crippen LogP contribution is -2.54. The lowest BCUT2D eigenvalue weighted by molar-refractivity contribution is 0.0650. The Morgan fingerprint density at radius 2 is 2.15 bits per heavy atom. The molecule has 114 valence electrons. The van der Waals surface area contributed by atoms with E-state index in [1.165, 1.54) is 37.7 Å². The average molecular weight is 278 g/mol. The van der Waals surface area contributed by atoms with Gasteiger partial charge in [-0.2, -0.15) is 5.10 Å². The van der Waals surface area contributed by atoms with E-state index in [4.69, 9.17) is 5.73 Å². The molecule has 1 heterocycles. The minimum atomic E-state index is 0.230. The number of likely N-dealkylation sites (N-methyl/N-ethyl adjacent to an activating group) is 1. The Morgan fingerprint density at radius 1 is 1.45 bits per heavy atom. The highest BCUT2D eigenvalue weighted by molar-refractivity contribution is 5.05. The van der Waals surface area contributed by atoms with Gasteiger partial charge < -0.3 is 5.73 Å². The number of aryl methyl sites for hydroxylation is 1. The van der Waals surface area contributed by atoms with Crippen molar-refractivity contribution in [3.63, 3.8) is 0 Å². The Morgan fingerprint density at radius 3 is 2.65 bits per heavy atom. The van der Waals surface area contributed by atoms with Gasteiger partial charge in [0.15, 0.2) is 0 Å². The van der Waals surface area contributed by atoms with Crippen LogP contribution in [0, 0.1) is 5.92 Å². The summed E-state index contributed by atoms with van der Waals surface area (Å²) in [5, 5.41) is 4.24. The maximum absolute atomic E-state index is 6.14. The van der Waals surface area contributed by atoms with Gasteiger partial charge in [0.05, 0.1) is 6.20 Å². The first kappa shape index (κ1) is 15.5. The lowest BCUT2D eigenvalue weighted by Gasteiger charge is -2.46. The van der Waals surface area contributed by atoms with Crippen LogP contribution in [0.4, 0.5) is 0 Å². The van der Waals surface area contributed by atoms with E-state index < -0.39 is 0 Å². The summed E-state index contributed by atoms with van der Waals surface area (Å²) in [6.45, 7) is 4.17. The number of rotatable bonds is 6. The number of hydrogen-bond acceptors (Lipinski definition) is 3. The molecule has 4 nitrogen and oxygen atoms in total. The van der Waals surface area contributed by atoms with Crippen LogP contribution in [0.2, 0.25) is 0 Å². The molecule has 0 bridgehead atoms. The van der Waals surface area contributed by atoms with Gasteiger partial charge >= 0.3 is 0 Å². The molecule has 0 radical (unpaired) electrons. The monoisotopic (exact) mass is 278 g/mol. The second-order valence-corrected chi connectivity index (χ2v) is 6.47. The van der Waals surface area contributed by atoms with Crippen LogP contribution in [-0.4, -0.2) is 40.4 Å². The quantitative estimate of drug-likeness (QED) is 0.867. The first-order valence-electron chi connectivity index (χ1n) is 7.98. The third-order valence-corrected chi connectivity index (χ3v) is 5.30. The molecule has 1 fully saturated rings. The van der Waals surface area contributed by atoms with E-state index in [-0.39, 0.29) is 5.54 Å². The Kier molecular flexibility index (Phi) is 5.22. The van der Waals surface area contributed by atoms with Crippen molar-refractivity contribution in [2.75, 3.05) is 20.1 Å². The summed E-state index contributed by atoms with van der Waals surface area (Å²) in [7, 11) is 4.22. The molecule has 20 heavy (non-hydrogen) atoms. The van der Waals surface area contributed by atoms with Crippen molar-refractivity contribution in [1.82, 2.24) is 14.7 Å². The van der Waals surface area contributed by atoms with Gasteiger partial charge in [-0.25, -0.2) is 0 Å². The van der Waals surface area contributed by atoms with Gasteiger partial charge in [-0.1, -0.05) is 13.3 Å². The van der Waals surface area contributed by atoms with Crippen molar-refractivity contribution in [3.8, 4) is 0 Å². The predicted octanol–water partition coefficient (Wildman–Crippen LogP) is 2.19. The summed E-state index contributed by atoms with van der Waals surface area (Å²) in [6.07, 6.45) is 11.6. The second kappa shape index (κ2) is 6.72. The van der Waals surface area contributed by atoms with E-state index in [0.29, 0.717) is 0 Å². The smallest absolute Gasteiger partial charge is 0.0522 e. The fourth-order valence-corrected chi connectivity index (χ4v) is 3.50. The standard InChI is InChI=1S/C16H30N4/c1-4-14-5-8-16(13-17,9-6-14)19(2)10-7-15-11-18-20(3)12-15/h11-12,14H,4-10,13,17H2,1-3H3. The summed E-state index contributed by atoms with van der Waals surface area (Å²) in [5.41, 5.74) is 7.68. The minimum Gasteiger partial charge on any atom is -0.329 e. The number of nitrogens with two attached hydrogens (primary N) is 1. The van der Waals surface area contributed by atoms with Crippen LogP contribution in [0.25, 0.3) is 0 Å². The topological polar surface area (TPSA) is 47.1 Å². The lowest BCUT2D eigenvalue weighted by atomic mass is 9.74. The molecular weight excluding hydrogens is 248 g/mol. The van der Waals surface area contributed by atoms with Gasteiger partial charge in [0.2, 0.25) is 0 Å². The summed E-state index contributed by atoms with van der Waals surface area (Å²) in [6, 6.07) is 0. The second-order valence-electron chi connectivity index (χ2n) is 6.47. The zero-order valence-corrected chi connectivity index (χ0v) is 13.3. The highest BCUT2D eigenvalue weighted by Gasteiger charge is 2.36. The molecule has 0 spiro atoms. The van der Waals surface area contributed by atoms with E-state index in [0.717, 1.165) is 25.4 Å². The molecule has 0 atom stereocenters. The maximum atomic E-state index is 6.14. The van der Waals surface area contributed by atoms with Crippen LogP contribution in [-0.2, 0) is 13.5 Å². The SMILES string of the molecule is CCC1CCC(CN)(N(C)CCc2cnn(C)c2)CC1. The van der Waals surface area contributed by atoms with Crippen LogP contribution in [0.15, 0.2) is 12.4 Å². The van der Waals surface area contributed by atoms with E-state index in [2.05, 4.69) is 30.2 Å². The molecule has 0 unspecified atom stereocenters. The van der Waals surface area contributed by atoms with Crippen LogP contribution in [0.3, 0.4) is 0 Å². The minimum absolute atomic E-state index is 0.230. The van der Waals surface area contributed by atoms with Crippen LogP contribution in [0.1, 0.15) is 44.6 Å². The third kappa shape index (κ3) is 3.41. The van der Waals surface area contributed by atoms with Crippen LogP contribution >= 0.6 is 0 Å². The van der Waals surface area contributed by atoms with Gasteiger partial charge in [-0.15, -0.1) is 0 Å². The predicted molar refractivity (Wildman–Crippen MR) is 83.6 cm³/mol. The van der Waals surface area contributed by atoms with Crippen molar-refractivity contribution < 1.29 is 0 Å². The summed E-state index contributed by atoms with van der Waals surface area (Å²) >= 11 is 0. The van der Waals surface area contributed by atoms with Crippen molar-refractivity contribution in [3.05, 3.63) is 18.0 Å². The summed E-state index contributed by atoms with van der Waals surface area (Å²) in [4.78, 5) is 2.51. The van der Waals surface area contributed by atoms with Crippen molar-refractivity contribution in [2.24, 2.45) is 18.7 Å². The zero-order chi connectivity index (χ0) is 14.6. The van der Waals surface area contributed by atoms with Crippen molar-refractivity contribution >= 4 is 0 Å². The molecule has 0 aromatic carbocycles. The van der Waals surface area contributed by atoms with Gasteiger partial charge in [0, 0.05) is 31.9 Å². The molecule has 1 aliphatic rings. The van der Waals surface area contributed by atoms with E-state index in [1.807, 2.05) is 17.9 Å². The Bertz CT molecular complexity index is 404. The zero-order valence-electron chi connectivity index (χ0n) is 13.3. The summed E-state index contributed by atoms with van der Waals surface area (Å²) < 4.78 is 1.88. The summed E-state index contributed by atoms with van der Waals surface area (Å²) in [5.74, 6) is 0.918. The molecule has 0 amide bonds. The highest BCUT2D eigenvalue weighted by atomic mass is 15.2. The average Bonchev–Trinajstić information content (AvgIpc) is 2.90. The Hall–Kier alpha value is -0.870. The number of aromatic nitrogens is 2. The van der Waals surface area contributed by atoms with Gasteiger partial charge in [0.1, 0.15) is 0 Å². The molecular formula is C16H30N4. The van der Waals surface area contributed by atoms with Gasteiger partial charge in [-0.3, -0.25) is 9.58 Å². The van der Waals surface area contributed by atoms with Crippen LogP contribution in [0.5, 0.6) is 0 Å². The van der Waals surface area contributed by atoms with Crippen LogP contribution < -0.4 is 5.73 Å². The molecule has 1 aliphatic carbocycles. The third-order valence-electron chi connectivity index (χ3n) is 5.30. The molecule has 0 saturated heterocycles. The van der Waals surface area contributed by atoms with Gasteiger partial charge in [-0.05, 0) is 50.6 Å². The van der Waals surface area contributed by atoms with E-state index in [9.17, 15) is 0 Å². The molecule has 1 aromatic heterocycles. The highest BCUT2D eigenvalue weighted by Crippen LogP contribution is 2.36. The normalized spacial score (nSPS) is 27.1. The Labute approximate surface area is 123 Å². The van der Waals surface area contributed by atoms with Crippen molar-refractivity contribution in [2.45, 2.75) is 51.0 Å². The fourth-order valence-electron chi connectivity index (χ4n) is 3.50. The molecule has 2 rings (SSSR count). The molecule has 1 saturated carbocycles. The Balaban J connectivity index is 1.90. The van der Waals surface area contributed by atoms with Gasteiger partial charge in [0.25, 0.3) is 0 Å². The molecule has 1 aromatic rings. The number of nitrogens with zero attached hydrogens (tertiary/aromatic N) is 3. The molecule has 2 N–H and O–H groups in total. The number of hydrogen-bond donors (Lipinski definition) is 1. The largest absolute Gasteiger partial charge is 0.329 e. The molecule has 0 aliphatic heterocycles. The first-order chi connectivity index (χ1) is 9.59.